The predicted molar refractivity (Wildman–Crippen MR) is 103 cm³/mol. The minimum atomic E-state index is -0.409. The van der Waals surface area contributed by atoms with Crippen molar-refractivity contribution in [2.45, 2.75) is 6.04 Å². The number of carbonyl (C=O) groups is 1. The molecule has 2 heterocycles. The van der Waals surface area contributed by atoms with E-state index >= 15 is 0 Å². The maximum absolute atomic E-state index is 12.9. The van der Waals surface area contributed by atoms with Crippen LogP contribution < -0.4 is 15.1 Å². The molecule has 130 valence electrons. The Morgan fingerprint density at radius 2 is 1.62 bits per heavy atom. The lowest BCUT2D eigenvalue weighted by Crippen LogP contribution is -2.45. The van der Waals surface area contributed by atoms with Gasteiger partial charge >= 0.3 is 0 Å². The summed E-state index contributed by atoms with van der Waals surface area (Å²) in [5.41, 5.74) is 2.55. The highest BCUT2D eigenvalue weighted by atomic mass is 16.2. The number of anilines is 4. The fourth-order valence-corrected chi connectivity index (χ4v) is 3.17. The average molecular weight is 345 g/mol. The Labute approximate surface area is 152 Å². The molecule has 1 aliphatic heterocycles. The number of fused-ring (bicyclic) bond motifs is 1. The largest absolute Gasteiger partial charge is 0.342 e. The lowest BCUT2D eigenvalue weighted by atomic mass is 10.0. The summed E-state index contributed by atoms with van der Waals surface area (Å²) >= 11 is 0. The molecule has 0 bridgehead atoms. The van der Waals surface area contributed by atoms with Gasteiger partial charge in [0.05, 0.1) is 6.20 Å². The molecule has 0 spiro atoms. The van der Waals surface area contributed by atoms with Crippen LogP contribution in [0.3, 0.4) is 0 Å². The number of likely N-dealkylation sites (N-methyl/N-ethyl adjacent to an activating group) is 2. The summed E-state index contributed by atoms with van der Waals surface area (Å²) in [6.07, 6.45) is 1.68. The number of carbonyl (C=O) groups excluding carboxylic acids is 1. The van der Waals surface area contributed by atoms with Crippen LogP contribution in [0, 0.1) is 0 Å². The normalized spacial score (nSPS) is 16.4. The van der Waals surface area contributed by atoms with Crippen LogP contribution in [0.15, 0.2) is 66.9 Å². The van der Waals surface area contributed by atoms with Gasteiger partial charge in [0.1, 0.15) is 11.7 Å². The number of nitrogens with one attached hydrogen (secondary N) is 1. The molecule has 4 rings (SSSR count). The zero-order chi connectivity index (χ0) is 18.1. The Morgan fingerprint density at radius 3 is 2.31 bits per heavy atom. The second kappa shape index (κ2) is 6.48. The fourth-order valence-electron chi connectivity index (χ4n) is 3.17. The highest BCUT2D eigenvalue weighted by Gasteiger charge is 2.37. The van der Waals surface area contributed by atoms with Crippen LogP contribution in [-0.4, -0.2) is 30.0 Å². The van der Waals surface area contributed by atoms with Gasteiger partial charge in [0.15, 0.2) is 5.82 Å². The first-order valence-electron chi connectivity index (χ1n) is 8.39. The van der Waals surface area contributed by atoms with E-state index in [4.69, 9.17) is 0 Å². The van der Waals surface area contributed by atoms with Gasteiger partial charge in [0, 0.05) is 19.8 Å². The van der Waals surface area contributed by atoms with Gasteiger partial charge in [-0.1, -0.05) is 48.5 Å². The molecule has 1 atom stereocenters. The molecule has 1 unspecified atom stereocenters. The van der Waals surface area contributed by atoms with E-state index in [1.807, 2.05) is 72.6 Å². The van der Waals surface area contributed by atoms with E-state index in [1.54, 1.807) is 18.1 Å². The Morgan fingerprint density at radius 1 is 0.962 bits per heavy atom. The van der Waals surface area contributed by atoms with Gasteiger partial charge < -0.3 is 15.1 Å². The van der Waals surface area contributed by atoms with Crippen LogP contribution in [0.2, 0.25) is 0 Å². The molecular weight excluding hydrogens is 326 g/mol. The minimum Gasteiger partial charge on any atom is -0.342 e. The van der Waals surface area contributed by atoms with Crippen LogP contribution in [0.5, 0.6) is 0 Å². The van der Waals surface area contributed by atoms with Crippen LogP contribution in [0.4, 0.5) is 23.1 Å². The second-order valence-corrected chi connectivity index (χ2v) is 6.21. The topological polar surface area (TPSA) is 61.4 Å². The molecule has 0 aliphatic carbocycles. The number of para-hydroxylation sites is 1. The van der Waals surface area contributed by atoms with Gasteiger partial charge in [-0.3, -0.25) is 4.79 Å². The van der Waals surface area contributed by atoms with Gasteiger partial charge in [-0.05, 0) is 17.7 Å². The van der Waals surface area contributed by atoms with E-state index in [0.29, 0.717) is 11.6 Å². The maximum Gasteiger partial charge on any atom is 0.254 e. The fraction of sp³-hybridized carbons (Fsp3) is 0.150. The van der Waals surface area contributed by atoms with Crippen molar-refractivity contribution in [2.24, 2.45) is 0 Å². The Bertz CT molecular complexity index is 929. The van der Waals surface area contributed by atoms with Gasteiger partial charge in [-0.15, -0.1) is 0 Å². The number of hydrogen-bond donors (Lipinski definition) is 1. The summed E-state index contributed by atoms with van der Waals surface area (Å²) in [4.78, 5) is 25.4. The van der Waals surface area contributed by atoms with Crippen molar-refractivity contribution in [1.82, 2.24) is 9.97 Å². The van der Waals surface area contributed by atoms with E-state index in [2.05, 4.69) is 15.3 Å². The SMILES string of the molecule is CN1C(=O)C(c2ccccc2)N(C)c2nc(Nc3ccccc3)ncc21. The molecule has 2 aromatic carbocycles. The molecule has 1 aromatic heterocycles. The molecule has 3 aromatic rings. The number of rotatable bonds is 3. The second-order valence-electron chi connectivity index (χ2n) is 6.21. The Kier molecular flexibility index (Phi) is 4.01. The van der Waals surface area contributed by atoms with Crippen molar-refractivity contribution < 1.29 is 4.79 Å². The first-order chi connectivity index (χ1) is 12.6. The van der Waals surface area contributed by atoms with Crippen molar-refractivity contribution in [3.8, 4) is 0 Å². The molecule has 0 saturated carbocycles. The quantitative estimate of drug-likeness (QED) is 0.788. The minimum absolute atomic E-state index is 0.00133. The summed E-state index contributed by atoms with van der Waals surface area (Å²) in [6, 6.07) is 19.1. The predicted octanol–water partition coefficient (Wildman–Crippen LogP) is 3.37. The molecule has 1 aliphatic rings. The average Bonchev–Trinajstić information content (AvgIpc) is 2.68. The molecule has 1 amide bonds. The van der Waals surface area contributed by atoms with Crippen molar-refractivity contribution in [1.29, 1.82) is 0 Å². The Hall–Kier alpha value is -3.41. The highest BCUT2D eigenvalue weighted by Crippen LogP contribution is 2.38. The standard InChI is InChI=1S/C20H19N5O/c1-24-16-13-21-20(22-15-11-7-4-8-12-15)23-18(16)25(2)17(19(24)26)14-9-5-3-6-10-14/h3-13,17H,1-2H3,(H,21,22,23). The van der Waals surface area contributed by atoms with Crippen LogP contribution >= 0.6 is 0 Å². The van der Waals surface area contributed by atoms with E-state index in [0.717, 1.165) is 17.1 Å². The molecule has 6 heteroatoms. The van der Waals surface area contributed by atoms with Crippen molar-refractivity contribution >= 4 is 29.0 Å². The van der Waals surface area contributed by atoms with Gasteiger partial charge in [0.25, 0.3) is 5.91 Å². The maximum atomic E-state index is 12.9. The van der Waals surface area contributed by atoms with Gasteiger partial charge in [0.2, 0.25) is 5.95 Å². The number of benzene rings is 2. The van der Waals surface area contributed by atoms with Crippen LogP contribution in [0.25, 0.3) is 0 Å². The summed E-state index contributed by atoms with van der Waals surface area (Å²) < 4.78 is 0. The molecule has 0 saturated heterocycles. The smallest absolute Gasteiger partial charge is 0.254 e. The van der Waals surface area contributed by atoms with Crippen molar-refractivity contribution in [3.63, 3.8) is 0 Å². The van der Waals surface area contributed by atoms with E-state index in [1.165, 1.54) is 0 Å². The highest BCUT2D eigenvalue weighted by molar-refractivity contribution is 6.04. The zero-order valence-corrected chi connectivity index (χ0v) is 14.6. The van der Waals surface area contributed by atoms with E-state index in [9.17, 15) is 4.79 Å². The lowest BCUT2D eigenvalue weighted by Gasteiger charge is -2.38. The number of nitrogens with zero attached hydrogens (tertiary/aromatic N) is 4. The number of amides is 1. The van der Waals surface area contributed by atoms with Gasteiger partial charge in [-0.2, -0.15) is 4.98 Å². The number of aromatic nitrogens is 2. The molecular formula is C20H19N5O. The lowest BCUT2D eigenvalue weighted by molar-refractivity contribution is -0.120. The van der Waals surface area contributed by atoms with Crippen LogP contribution in [0.1, 0.15) is 11.6 Å². The summed E-state index contributed by atoms with van der Waals surface area (Å²) in [6.45, 7) is 0. The van der Waals surface area contributed by atoms with Crippen LogP contribution in [-0.2, 0) is 4.79 Å². The van der Waals surface area contributed by atoms with E-state index < -0.39 is 6.04 Å². The third-order valence-corrected chi connectivity index (χ3v) is 4.54. The van der Waals surface area contributed by atoms with Crippen molar-refractivity contribution in [2.75, 3.05) is 29.2 Å². The first kappa shape index (κ1) is 16.1. The first-order valence-corrected chi connectivity index (χ1v) is 8.39. The summed E-state index contributed by atoms with van der Waals surface area (Å²) in [5.74, 6) is 1.21. The summed E-state index contributed by atoms with van der Waals surface area (Å²) in [5, 5.41) is 3.20. The molecule has 1 N–H and O–H groups in total. The van der Waals surface area contributed by atoms with Crippen molar-refractivity contribution in [3.05, 3.63) is 72.4 Å². The zero-order valence-electron chi connectivity index (χ0n) is 14.6. The Balaban J connectivity index is 1.72. The molecule has 6 nitrogen and oxygen atoms in total. The number of hydrogen-bond acceptors (Lipinski definition) is 5. The molecule has 26 heavy (non-hydrogen) atoms. The van der Waals surface area contributed by atoms with E-state index in [-0.39, 0.29) is 5.91 Å². The van der Waals surface area contributed by atoms with Gasteiger partial charge in [-0.25, -0.2) is 4.98 Å². The third kappa shape index (κ3) is 2.75. The third-order valence-electron chi connectivity index (χ3n) is 4.54. The molecule has 0 radical (unpaired) electrons. The monoisotopic (exact) mass is 345 g/mol. The summed E-state index contributed by atoms with van der Waals surface area (Å²) in [7, 11) is 3.65. The molecule has 0 fully saturated rings.